The summed E-state index contributed by atoms with van der Waals surface area (Å²) in [6, 6.07) is 8.54. The van der Waals surface area contributed by atoms with E-state index in [0.717, 1.165) is 23.7 Å². The lowest BCUT2D eigenvalue weighted by atomic mass is 10.1. The van der Waals surface area contributed by atoms with Crippen molar-refractivity contribution in [1.82, 2.24) is 5.32 Å². The molecule has 0 aliphatic carbocycles. The van der Waals surface area contributed by atoms with Crippen molar-refractivity contribution in [2.75, 3.05) is 17.6 Å². The molecule has 1 aromatic carbocycles. The lowest BCUT2D eigenvalue weighted by molar-refractivity contribution is 0.990. The largest absolute Gasteiger partial charge is 0.362 e. The number of thiocarbonyl (C=S) groups is 1. The molecule has 21 heavy (non-hydrogen) atoms. The number of benzene rings is 1. The number of hydrogen-bond acceptors (Lipinski definition) is 3. The van der Waals surface area contributed by atoms with Crippen LogP contribution >= 0.6 is 35.3 Å². The fourth-order valence-electron chi connectivity index (χ4n) is 2.02. The van der Waals surface area contributed by atoms with Crippen LogP contribution in [-0.4, -0.2) is 17.4 Å². The van der Waals surface area contributed by atoms with Gasteiger partial charge in [0.05, 0.1) is 0 Å². The van der Waals surface area contributed by atoms with E-state index in [9.17, 15) is 0 Å². The highest BCUT2D eigenvalue weighted by molar-refractivity contribution is 7.98. The number of rotatable bonds is 6. The van der Waals surface area contributed by atoms with Gasteiger partial charge in [0, 0.05) is 23.7 Å². The summed E-state index contributed by atoms with van der Waals surface area (Å²) in [4.78, 5) is 0. The smallest absolute Gasteiger partial charge is 0.170 e. The Hall–Kier alpha value is -1.04. The van der Waals surface area contributed by atoms with Crippen LogP contribution in [0.2, 0.25) is 0 Å². The molecule has 5 heteroatoms. The molecular formula is C16H20N2S3. The quantitative estimate of drug-likeness (QED) is 0.595. The van der Waals surface area contributed by atoms with Gasteiger partial charge in [-0.05, 0) is 71.7 Å². The van der Waals surface area contributed by atoms with Crippen LogP contribution in [0.5, 0.6) is 0 Å². The minimum absolute atomic E-state index is 0.691. The van der Waals surface area contributed by atoms with Gasteiger partial charge in [-0.1, -0.05) is 6.07 Å². The van der Waals surface area contributed by atoms with Crippen LogP contribution in [0.1, 0.15) is 16.7 Å². The van der Waals surface area contributed by atoms with E-state index in [1.807, 2.05) is 11.8 Å². The van der Waals surface area contributed by atoms with Gasteiger partial charge >= 0.3 is 0 Å². The van der Waals surface area contributed by atoms with E-state index in [2.05, 4.69) is 59.5 Å². The molecule has 0 radical (unpaired) electrons. The Bertz CT molecular complexity index is 559. The first-order chi connectivity index (χ1) is 10.1. The Morgan fingerprint density at radius 2 is 2.00 bits per heavy atom. The molecule has 0 saturated heterocycles. The minimum atomic E-state index is 0.691. The molecular weight excluding hydrogens is 316 g/mol. The van der Waals surface area contributed by atoms with Crippen LogP contribution in [0, 0.1) is 13.8 Å². The maximum atomic E-state index is 5.32. The maximum Gasteiger partial charge on any atom is 0.170 e. The van der Waals surface area contributed by atoms with Gasteiger partial charge < -0.3 is 10.6 Å². The van der Waals surface area contributed by atoms with Gasteiger partial charge in [0.2, 0.25) is 0 Å². The number of thiophene rings is 1. The van der Waals surface area contributed by atoms with Crippen LogP contribution < -0.4 is 10.6 Å². The zero-order valence-corrected chi connectivity index (χ0v) is 14.8. The second-order valence-corrected chi connectivity index (χ2v) is 7.23. The van der Waals surface area contributed by atoms with E-state index in [4.69, 9.17) is 12.2 Å². The van der Waals surface area contributed by atoms with Gasteiger partial charge in [0.25, 0.3) is 0 Å². The van der Waals surface area contributed by atoms with Gasteiger partial charge in [-0.2, -0.15) is 23.1 Å². The first kappa shape index (κ1) is 16.3. The monoisotopic (exact) mass is 336 g/mol. The highest BCUT2D eigenvalue weighted by atomic mass is 32.2. The standard InChI is InChI=1S/C16H20N2S3/c1-12-7-13(2)9-15(8-12)18-16(19)17-4-6-21-11-14-3-5-20-10-14/h3,5,7-10H,4,6,11H2,1-2H3,(H2,17,18,19). The van der Waals surface area contributed by atoms with Crippen molar-refractivity contribution in [3.63, 3.8) is 0 Å². The second kappa shape index (κ2) is 8.41. The fraction of sp³-hybridized carbons (Fsp3) is 0.312. The fourth-order valence-corrected chi connectivity index (χ4v) is 3.82. The topological polar surface area (TPSA) is 24.1 Å². The van der Waals surface area contributed by atoms with Crippen molar-refractivity contribution >= 4 is 46.1 Å². The van der Waals surface area contributed by atoms with Crippen molar-refractivity contribution in [1.29, 1.82) is 0 Å². The minimum Gasteiger partial charge on any atom is -0.362 e. The van der Waals surface area contributed by atoms with Crippen LogP contribution in [0.3, 0.4) is 0 Å². The average molecular weight is 337 g/mol. The van der Waals surface area contributed by atoms with Crippen molar-refractivity contribution < 1.29 is 0 Å². The third-order valence-electron chi connectivity index (χ3n) is 2.86. The lowest BCUT2D eigenvalue weighted by Crippen LogP contribution is -2.30. The molecule has 0 unspecified atom stereocenters. The predicted molar refractivity (Wildman–Crippen MR) is 101 cm³/mol. The van der Waals surface area contributed by atoms with E-state index in [0.29, 0.717) is 5.11 Å². The van der Waals surface area contributed by atoms with Crippen LogP contribution in [0.15, 0.2) is 35.0 Å². The highest BCUT2D eigenvalue weighted by Crippen LogP contribution is 2.15. The van der Waals surface area contributed by atoms with Gasteiger partial charge in [-0.25, -0.2) is 0 Å². The summed E-state index contributed by atoms with van der Waals surface area (Å²) in [5.41, 5.74) is 4.94. The summed E-state index contributed by atoms with van der Waals surface area (Å²) in [5, 5.41) is 11.5. The van der Waals surface area contributed by atoms with E-state index in [1.165, 1.54) is 16.7 Å². The molecule has 112 valence electrons. The molecule has 0 atom stereocenters. The molecule has 0 aliphatic heterocycles. The van der Waals surface area contributed by atoms with E-state index >= 15 is 0 Å². The third kappa shape index (κ3) is 6.08. The summed E-state index contributed by atoms with van der Waals surface area (Å²) in [5.74, 6) is 2.12. The molecule has 1 heterocycles. The molecule has 2 N–H and O–H groups in total. The molecule has 1 aromatic heterocycles. The van der Waals surface area contributed by atoms with E-state index in [1.54, 1.807) is 11.3 Å². The Morgan fingerprint density at radius 3 is 2.67 bits per heavy atom. The average Bonchev–Trinajstić information content (AvgIpc) is 2.90. The number of nitrogens with one attached hydrogen (secondary N) is 2. The zero-order valence-electron chi connectivity index (χ0n) is 12.3. The van der Waals surface area contributed by atoms with Crippen molar-refractivity contribution in [3.05, 3.63) is 51.7 Å². The number of hydrogen-bond donors (Lipinski definition) is 2. The van der Waals surface area contributed by atoms with E-state index < -0.39 is 0 Å². The maximum absolute atomic E-state index is 5.32. The molecule has 0 bridgehead atoms. The van der Waals surface area contributed by atoms with Crippen molar-refractivity contribution in [3.8, 4) is 0 Å². The SMILES string of the molecule is Cc1cc(C)cc(NC(=S)NCCSCc2ccsc2)c1. The third-order valence-corrected chi connectivity index (χ3v) is 4.87. The van der Waals surface area contributed by atoms with Crippen LogP contribution in [0.4, 0.5) is 5.69 Å². The van der Waals surface area contributed by atoms with Gasteiger partial charge in [0.15, 0.2) is 5.11 Å². The number of anilines is 1. The lowest BCUT2D eigenvalue weighted by Gasteiger charge is -2.11. The van der Waals surface area contributed by atoms with Gasteiger partial charge in [0.1, 0.15) is 0 Å². The van der Waals surface area contributed by atoms with Gasteiger partial charge in [-0.3, -0.25) is 0 Å². The molecule has 0 spiro atoms. The summed E-state index contributed by atoms with van der Waals surface area (Å²) < 4.78 is 0. The van der Waals surface area contributed by atoms with Crippen LogP contribution in [-0.2, 0) is 5.75 Å². The number of thioether (sulfide) groups is 1. The molecule has 0 aliphatic rings. The molecule has 0 amide bonds. The Kier molecular flexibility index (Phi) is 6.54. The molecule has 2 nitrogen and oxygen atoms in total. The van der Waals surface area contributed by atoms with Crippen molar-refractivity contribution in [2.24, 2.45) is 0 Å². The Morgan fingerprint density at radius 1 is 1.24 bits per heavy atom. The molecule has 2 rings (SSSR count). The molecule has 0 fully saturated rings. The Balaban J connectivity index is 1.65. The summed E-state index contributed by atoms with van der Waals surface area (Å²) in [7, 11) is 0. The summed E-state index contributed by atoms with van der Waals surface area (Å²) in [6.07, 6.45) is 0. The van der Waals surface area contributed by atoms with Gasteiger partial charge in [-0.15, -0.1) is 0 Å². The second-order valence-electron chi connectivity index (χ2n) is 4.94. The van der Waals surface area contributed by atoms with Crippen LogP contribution in [0.25, 0.3) is 0 Å². The first-order valence-electron chi connectivity index (χ1n) is 6.85. The Labute approximate surface area is 140 Å². The molecule has 2 aromatic rings. The normalized spacial score (nSPS) is 10.4. The first-order valence-corrected chi connectivity index (χ1v) is 9.36. The highest BCUT2D eigenvalue weighted by Gasteiger charge is 1.99. The molecule has 0 saturated carbocycles. The predicted octanol–water partition coefficient (Wildman–Crippen LogP) is 4.58. The number of aryl methyl sites for hydroxylation is 2. The summed E-state index contributed by atoms with van der Waals surface area (Å²) >= 11 is 8.99. The van der Waals surface area contributed by atoms with E-state index in [-0.39, 0.29) is 0 Å². The summed E-state index contributed by atoms with van der Waals surface area (Å²) in [6.45, 7) is 5.07. The van der Waals surface area contributed by atoms with Crippen molar-refractivity contribution in [2.45, 2.75) is 19.6 Å². The zero-order chi connectivity index (χ0) is 15.1.